The Balaban J connectivity index is 2.56. The number of allylic oxidation sites excluding steroid dienone is 2. The van der Waals surface area contributed by atoms with Crippen molar-refractivity contribution in [1.82, 2.24) is 9.80 Å². The lowest BCUT2D eigenvalue weighted by molar-refractivity contribution is 0.185. The van der Waals surface area contributed by atoms with E-state index in [1.165, 1.54) is 0 Å². The molecule has 0 N–H and O–H groups in total. The lowest BCUT2D eigenvalue weighted by Gasteiger charge is -2.33. The van der Waals surface area contributed by atoms with Gasteiger partial charge in [-0.15, -0.1) is 0 Å². The van der Waals surface area contributed by atoms with Gasteiger partial charge >= 0.3 is 0 Å². The van der Waals surface area contributed by atoms with Gasteiger partial charge in [-0.25, -0.2) is 4.99 Å². The van der Waals surface area contributed by atoms with E-state index in [0.717, 1.165) is 37.6 Å². The van der Waals surface area contributed by atoms with E-state index in [2.05, 4.69) is 34.5 Å². The highest BCUT2D eigenvalue weighted by atomic mass is 15.3. The number of rotatable bonds is 3. The average Bonchev–Trinajstić information content (AvgIpc) is 2.21. The first-order valence-electron chi connectivity index (χ1n) is 5.43. The Bertz CT molecular complexity index is 271. The van der Waals surface area contributed by atoms with Gasteiger partial charge in [0.2, 0.25) is 0 Å². The maximum Gasteiger partial charge on any atom is 0.124 e. The first-order chi connectivity index (χ1) is 7.13. The van der Waals surface area contributed by atoms with E-state index in [1.807, 2.05) is 20.1 Å². The van der Waals surface area contributed by atoms with Crippen LogP contribution < -0.4 is 0 Å². The van der Waals surface area contributed by atoms with Gasteiger partial charge in [0.25, 0.3) is 0 Å². The third-order valence-electron chi connectivity index (χ3n) is 2.50. The van der Waals surface area contributed by atoms with Crippen LogP contribution >= 0.6 is 0 Å². The fourth-order valence-corrected chi connectivity index (χ4v) is 1.55. The minimum Gasteiger partial charge on any atom is -0.354 e. The molecule has 1 heterocycles. The predicted octanol–water partition coefficient (Wildman–Crippen LogP) is 1.74. The van der Waals surface area contributed by atoms with Gasteiger partial charge in [0.1, 0.15) is 5.82 Å². The third kappa shape index (κ3) is 3.88. The molecule has 1 saturated heterocycles. The predicted molar refractivity (Wildman–Crippen MR) is 66.1 cm³/mol. The van der Waals surface area contributed by atoms with Crippen molar-refractivity contribution < 1.29 is 0 Å². The molecule has 0 aromatic heterocycles. The standard InChI is InChI=1S/C12H21N3/c1-5-12(13-10-11(2)3)15-8-6-14(4)7-9-15/h5,10H,2,6-9H2,1,3-4H3/b12-5+,13-10?. The molecule has 1 aliphatic heterocycles. The highest BCUT2D eigenvalue weighted by Gasteiger charge is 2.14. The van der Waals surface area contributed by atoms with Gasteiger partial charge in [-0.05, 0) is 32.5 Å². The van der Waals surface area contributed by atoms with Crippen LogP contribution in [0.1, 0.15) is 13.8 Å². The molecule has 0 spiro atoms. The van der Waals surface area contributed by atoms with Crippen LogP contribution in [0.2, 0.25) is 0 Å². The minimum absolute atomic E-state index is 0.989. The Morgan fingerprint density at radius 3 is 2.33 bits per heavy atom. The molecule has 3 heteroatoms. The van der Waals surface area contributed by atoms with Crippen molar-refractivity contribution in [3.63, 3.8) is 0 Å². The molecule has 1 rings (SSSR count). The molecular formula is C12H21N3. The zero-order valence-corrected chi connectivity index (χ0v) is 10.0. The Hall–Kier alpha value is -1.09. The number of nitrogens with zero attached hydrogens (tertiary/aromatic N) is 3. The maximum atomic E-state index is 4.43. The highest BCUT2D eigenvalue weighted by molar-refractivity contribution is 5.77. The quantitative estimate of drug-likeness (QED) is 0.656. The molecule has 0 bridgehead atoms. The first kappa shape index (κ1) is 12.0. The van der Waals surface area contributed by atoms with Crippen molar-refractivity contribution in [3.05, 3.63) is 24.0 Å². The molecule has 0 aromatic rings. The fraction of sp³-hybridized carbons (Fsp3) is 0.583. The topological polar surface area (TPSA) is 18.8 Å². The smallest absolute Gasteiger partial charge is 0.124 e. The van der Waals surface area contributed by atoms with E-state index in [9.17, 15) is 0 Å². The van der Waals surface area contributed by atoms with Crippen LogP contribution in [0, 0.1) is 0 Å². The first-order valence-corrected chi connectivity index (χ1v) is 5.43. The summed E-state index contributed by atoms with van der Waals surface area (Å²) in [5, 5.41) is 0. The number of hydrogen-bond donors (Lipinski definition) is 0. The van der Waals surface area contributed by atoms with Gasteiger partial charge in [-0.3, -0.25) is 0 Å². The molecule has 0 atom stereocenters. The summed E-state index contributed by atoms with van der Waals surface area (Å²) in [7, 11) is 2.16. The molecule has 3 nitrogen and oxygen atoms in total. The van der Waals surface area contributed by atoms with Gasteiger partial charge in [-0.1, -0.05) is 6.58 Å². The Kier molecular flexibility index (Phi) is 4.56. The van der Waals surface area contributed by atoms with Gasteiger partial charge < -0.3 is 9.80 Å². The second-order valence-corrected chi connectivity index (χ2v) is 4.04. The highest BCUT2D eigenvalue weighted by Crippen LogP contribution is 2.09. The van der Waals surface area contributed by atoms with E-state index in [-0.39, 0.29) is 0 Å². The fourth-order valence-electron chi connectivity index (χ4n) is 1.55. The zero-order chi connectivity index (χ0) is 11.3. The van der Waals surface area contributed by atoms with Crippen LogP contribution in [-0.2, 0) is 0 Å². The van der Waals surface area contributed by atoms with Crippen LogP contribution in [0.15, 0.2) is 29.0 Å². The third-order valence-corrected chi connectivity index (χ3v) is 2.50. The molecule has 1 fully saturated rings. The molecule has 0 saturated carbocycles. The molecule has 84 valence electrons. The molecule has 0 radical (unpaired) electrons. The summed E-state index contributed by atoms with van der Waals surface area (Å²) < 4.78 is 0. The van der Waals surface area contributed by atoms with E-state index >= 15 is 0 Å². The monoisotopic (exact) mass is 207 g/mol. The summed E-state index contributed by atoms with van der Waals surface area (Å²) in [6.45, 7) is 12.1. The van der Waals surface area contributed by atoms with Crippen molar-refractivity contribution >= 4 is 6.21 Å². The van der Waals surface area contributed by atoms with Crippen LogP contribution in [0.25, 0.3) is 0 Å². The summed E-state index contributed by atoms with van der Waals surface area (Å²) in [5.74, 6) is 1.06. The second kappa shape index (κ2) is 5.71. The van der Waals surface area contributed by atoms with E-state index in [1.54, 1.807) is 0 Å². The second-order valence-electron chi connectivity index (χ2n) is 4.04. The summed E-state index contributed by atoms with van der Waals surface area (Å²) in [6, 6.07) is 0. The lowest BCUT2D eigenvalue weighted by Crippen LogP contribution is -2.43. The zero-order valence-electron chi connectivity index (χ0n) is 10.0. The Morgan fingerprint density at radius 1 is 1.27 bits per heavy atom. The molecule has 0 aromatic carbocycles. The van der Waals surface area contributed by atoms with Gasteiger partial charge in [0.15, 0.2) is 0 Å². The van der Waals surface area contributed by atoms with Gasteiger partial charge in [0, 0.05) is 32.4 Å². The van der Waals surface area contributed by atoms with Crippen LogP contribution in [0.5, 0.6) is 0 Å². The normalized spacial score (nSPS) is 19.9. The molecule has 0 amide bonds. The molecular weight excluding hydrogens is 186 g/mol. The SMILES string of the molecule is C=C(C)C=N/C(=C\C)N1CCN(C)CC1. The van der Waals surface area contributed by atoms with Crippen molar-refractivity contribution in [2.24, 2.45) is 4.99 Å². The Morgan fingerprint density at radius 2 is 1.87 bits per heavy atom. The van der Waals surface area contributed by atoms with Gasteiger partial charge in [-0.2, -0.15) is 0 Å². The largest absolute Gasteiger partial charge is 0.354 e. The minimum atomic E-state index is 0.989. The van der Waals surface area contributed by atoms with Crippen molar-refractivity contribution in [2.45, 2.75) is 13.8 Å². The molecule has 0 unspecified atom stereocenters. The number of likely N-dealkylation sites (N-methyl/N-ethyl adjacent to an activating group) is 1. The summed E-state index contributed by atoms with van der Waals surface area (Å²) in [4.78, 5) is 9.09. The van der Waals surface area contributed by atoms with Crippen molar-refractivity contribution in [1.29, 1.82) is 0 Å². The number of aliphatic imine (C=N–C) groups is 1. The average molecular weight is 207 g/mol. The summed E-state index contributed by atoms with van der Waals surface area (Å²) in [5.41, 5.74) is 0.989. The van der Waals surface area contributed by atoms with Crippen LogP contribution in [0.4, 0.5) is 0 Å². The van der Waals surface area contributed by atoms with Crippen molar-refractivity contribution in [2.75, 3.05) is 33.2 Å². The number of hydrogen-bond acceptors (Lipinski definition) is 3. The van der Waals surface area contributed by atoms with E-state index < -0.39 is 0 Å². The lowest BCUT2D eigenvalue weighted by atomic mass is 10.3. The van der Waals surface area contributed by atoms with E-state index in [0.29, 0.717) is 0 Å². The van der Waals surface area contributed by atoms with Gasteiger partial charge in [0.05, 0.1) is 0 Å². The van der Waals surface area contributed by atoms with Crippen LogP contribution in [0.3, 0.4) is 0 Å². The molecule has 0 aliphatic carbocycles. The maximum absolute atomic E-state index is 4.43. The van der Waals surface area contributed by atoms with Crippen LogP contribution in [-0.4, -0.2) is 49.2 Å². The molecule has 1 aliphatic rings. The van der Waals surface area contributed by atoms with Crippen molar-refractivity contribution in [3.8, 4) is 0 Å². The summed E-state index contributed by atoms with van der Waals surface area (Å²) in [6.07, 6.45) is 3.89. The Labute approximate surface area is 92.8 Å². The summed E-state index contributed by atoms with van der Waals surface area (Å²) >= 11 is 0. The number of piperazine rings is 1. The van der Waals surface area contributed by atoms with E-state index in [4.69, 9.17) is 0 Å². The molecule has 15 heavy (non-hydrogen) atoms.